The predicted octanol–water partition coefficient (Wildman–Crippen LogP) is 3.11. The molecule has 2 aromatic carbocycles. The molecule has 0 aromatic heterocycles. The lowest BCUT2D eigenvalue weighted by molar-refractivity contribution is -0.136. The molecule has 0 unspecified atom stereocenters. The number of hydrogen-bond donors (Lipinski definition) is 1. The lowest BCUT2D eigenvalue weighted by Gasteiger charge is -2.10. The van der Waals surface area contributed by atoms with Crippen molar-refractivity contribution < 1.29 is 26.1 Å². The van der Waals surface area contributed by atoms with Gasteiger partial charge in [-0.3, -0.25) is 4.55 Å². The Morgan fingerprint density at radius 2 is 1.72 bits per heavy atom. The third-order valence-corrected chi connectivity index (χ3v) is 3.30. The van der Waals surface area contributed by atoms with Gasteiger partial charge in [0.05, 0.1) is 10.5 Å². The molecule has 0 heterocycles. The molecular weight excluding hydrogens is 269 g/mol. The second-order valence-electron chi connectivity index (χ2n) is 3.66. The van der Waals surface area contributed by atoms with Gasteiger partial charge in [0.25, 0.3) is 10.1 Å². The Morgan fingerprint density at radius 3 is 2.28 bits per heavy atom. The van der Waals surface area contributed by atoms with E-state index in [1.807, 2.05) is 0 Å². The summed E-state index contributed by atoms with van der Waals surface area (Å²) in [6.45, 7) is 0. The topological polar surface area (TPSA) is 54.4 Å². The van der Waals surface area contributed by atoms with Gasteiger partial charge in [-0.2, -0.15) is 21.6 Å². The van der Waals surface area contributed by atoms with Gasteiger partial charge in [0.15, 0.2) is 0 Å². The fourth-order valence-electron chi connectivity index (χ4n) is 1.67. The molecule has 0 bridgehead atoms. The molecule has 0 saturated carbocycles. The van der Waals surface area contributed by atoms with Crippen molar-refractivity contribution in [1.29, 1.82) is 0 Å². The van der Waals surface area contributed by atoms with Crippen LogP contribution < -0.4 is 0 Å². The predicted molar refractivity (Wildman–Crippen MR) is 58.8 cm³/mol. The van der Waals surface area contributed by atoms with Gasteiger partial charge in [0, 0.05) is 0 Å². The highest BCUT2D eigenvalue weighted by atomic mass is 32.2. The van der Waals surface area contributed by atoms with E-state index >= 15 is 0 Å². The molecule has 0 spiro atoms. The Hall–Kier alpha value is -1.60. The van der Waals surface area contributed by atoms with Crippen molar-refractivity contribution in [2.45, 2.75) is 11.1 Å². The van der Waals surface area contributed by atoms with Gasteiger partial charge in [-0.05, 0) is 29.0 Å². The normalized spacial score (nSPS) is 12.9. The third kappa shape index (κ3) is 2.32. The number of hydrogen-bond acceptors (Lipinski definition) is 2. The molecule has 0 saturated heterocycles. The second-order valence-corrected chi connectivity index (χ2v) is 5.08. The molecule has 3 nitrogen and oxygen atoms in total. The summed E-state index contributed by atoms with van der Waals surface area (Å²) in [6.07, 6.45) is -4.51. The molecule has 96 valence electrons. The van der Waals surface area contributed by atoms with Gasteiger partial charge in [0.2, 0.25) is 0 Å². The molecule has 2 rings (SSSR count). The number of halogens is 3. The van der Waals surface area contributed by atoms with Crippen molar-refractivity contribution in [2.75, 3.05) is 0 Å². The molecule has 2 aromatic rings. The van der Waals surface area contributed by atoms with Crippen LogP contribution in [-0.4, -0.2) is 13.0 Å². The Morgan fingerprint density at radius 1 is 1.06 bits per heavy atom. The van der Waals surface area contributed by atoms with Crippen LogP contribution in [0, 0.1) is 0 Å². The molecule has 0 fully saturated rings. The fraction of sp³-hybridized carbons (Fsp3) is 0.0909. The molecule has 0 aliphatic rings. The van der Waals surface area contributed by atoms with Crippen LogP contribution in [-0.2, 0) is 16.3 Å². The van der Waals surface area contributed by atoms with Gasteiger partial charge in [-0.25, -0.2) is 0 Å². The van der Waals surface area contributed by atoms with Gasteiger partial charge >= 0.3 is 6.18 Å². The Balaban J connectivity index is 2.76. The second kappa shape index (κ2) is 3.96. The van der Waals surface area contributed by atoms with Crippen LogP contribution in [0.1, 0.15) is 5.56 Å². The number of fused-ring (bicyclic) bond motifs is 1. The van der Waals surface area contributed by atoms with Crippen molar-refractivity contribution in [3.05, 3.63) is 42.0 Å². The quantitative estimate of drug-likeness (QED) is 0.814. The van der Waals surface area contributed by atoms with Crippen LogP contribution in [0.3, 0.4) is 0 Å². The highest BCUT2D eigenvalue weighted by molar-refractivity contribution is 7.85. The molecule has 0 radical (unpaired) electrons. The van der Waals surface area contributed by atoms with Gasteiger partial charge in [-0.15, -0.1) is 0 Å². The molecule has 18 heavy (non-hydrogen) atoms. The Bertz CT molecular complexity index is 705. The lowest BCUT2D eigenvalue weighted by Crippen LogP contribution is -2.06. The van der Waals surface area contributed by atoms with Crippen molar-refractivity contribution in [2.24, 2.45) is 0 Å². The van der Waals surface area contributed by atoms with Crippen LogP contribution >= 0.6 is 0 Å². The smallest absolute Gasteiger partial charge is 0.282 e. The summed E-state index contributed by atoms with van der Waals surface area (Å²) in [4.78, 5) is -0.436. The van der Waals surface area contributed by atoms with Crippen molar-refractivity contribution in [1.82, 2.24) is 0 Å². The van der Waals surface area contributed by atoms with Crippen LogP contribution in [0.4, 0.5) is 13.2 Å². The van der Waals surface area contributed by atoms with Crippen LogP contribution in [0.5, 0.6) is 0 Å². The summed E-state index contributed by atoms with van der Waals surface area (Å²) in [5, 5.41) is -0.0163. The van der Waals surface area contributed by atoms with Gasteiger partial charge in [0.1, 0.15) is 0 Å². The summed E-state index contributed by atoms with van der Waals surface area (Å²) >= 11 is 0. The zero-order valence-corrected chi connectivity index (χ0v) is 9.59. The molecule has 7 heteroatoms. The Labute approximate surface area is 101 Å². The van der Waals surface area contributed by atoms with Crippen LogP contribution in [0.15, 0.2) is 41.3 Å². The minimum atomic E-state index is -4.51. The van der Waals surface area contributed by atoms with E-state index in [-0.39, 0.29) is 10.8 Å². The fourth-order valence-corrected chi connectivity index (χ4v) is 2.19. The zero-order chi connectivity index (χ0) is 13.6. The van der Waals surface area contributed by atoms with E-state index < -0.39 is 26.8 Å². The first kappa shape index (κ1) is 12.8. The van der Waals surface area contributed by atoms with E-state index in [0.717, 1.165) is 24.3 Å². The van der Waals surface area contributed by atoms with E-state index in [2.05, 4.69) is 0 Å². The number of alkyl halides is 3. The molecule has 0 atom stereocenters. The summed E-state index contributed by atoms with van der Waals surface area (Å²) in [5.74, 6) is 0. The summed E-state index contributed by atoms with van der Waals surface area (Å²) in [7, 11) is -4.42. The average molecular weight is 276 g/mol. The standard InChI is InChI=1S/C11H7F3O3S/c12-11(13,14)10-3-1-2-7-6-8(18(15,16)17)4-5-9(7)10/h1-6H,(H,15,16,17). The maximum Gasteiger partial charge on any atom is 0.417 e. The highest BCUT2D eigenvalue weighted by Gasteiger charge is 2.32. The number of benzene rings is 2. The molecule has 0 aliphatic carbocycles. The number of rotatable bonds is 1. The first-order chi connectivity index (χ1) is 8.19. The van der Waals surface area contributed by atoms with E-state index in [4.69, 9.17) is 4.55 Å². The van der Waals surface area contributed by atoms with Crippen LogP contribution in [0.2, 0.25) is 0 Å². The largest absolute Gasteiger partial charge is 0.417 e. The molecule has 0 aliphatic heterocycles. The van der Waals surface area contributed by atoms with E-state index in [1.54, 1.807) is 0 Å². The molecule has 1 N–H and O–H groups in total. The van der Waals surface area contributed by atoms with Gasteiger partial charge < -0.3 is 0 Å². The van der Waals surface area contributed by atoms with E-state index in [1.165, 1.54) is 12.1 Å². The highest BCUT2D eigenvalue weighted by Crippen LogP contribution is 2.35. The monoisotopic (exact) mass is 276 g/mol. The summed E-state index contributed by atoms with van der Waals surface area (Å²) in [6, 6.07) is 6.40. The SMILES string of the molecule is O=S(=O)(O)c1ccc2c(C(F)(F)F)cccc2c1. The molecule has 0 amide bonds. The van der Waals surface area contributed by atoms with E-state index in [9.17, 15) is 21.6 Å². The van der Waals surface area contributed by atoms with Crippen molar-refractivity contribution >= 4 is 20.9 Å². The minimum Gasteiger partial charge on any atom is -0.282 e. The summed E-state index contributed by atoms with van der Waals surface area (Å²) < 4.78 is 68.7. The van der Waals surface area contributed by atoms with Gasteiger partial charge in [-0.1, -0.05) is 18.2 Å². The first-order valence-electron chi connectivity index (χ1n) is 4.77. The maximum atomic E-state index is 12.7. The Kier molecular flexibility index (Phi) is 2.83. The first-order valence-corrected chi connectivity index (χ1v) is 6.21. The maximum absolute atomic E-state index is 12.7. The van der Waals surface area contributed by atoms with E-state index in [0.29, 0.717) is 0 Å². The minimum absolute atomic E-state index is 0.0972. The molecular formula is C11H7F3O3S. The lowest BCUT2D eigenvalue weighted by atomic mass is 10.0. The third-order valence-electron chi connectivity index (χ3n) is 2.46. The van der Waals surface area contributed by atoms with Crippen LogP contribution in [0.25, 0.3) is 10.8 Å². The summed E-state index contributed by atoms with van der Waals surface area (Å²) in [5.41, 5.74) is -0.845. The average Bonchev–Trinajstić information content (AvgIpc) is 2.25. The zero-order valence-electron chi connectivity index (χ0n) is 8.77. The van der Waals surface area contributed by atoms with Crippen molar-refractivity contribution in [3.63, 3.8) is 0 Å². The van der Waals surface area contributed by atoms with Crippen molar-refractivity contribution in [3.8, 4) is 0 Å².